The van der Waals surface area contributed by atoms with E-state index in [1.54, 1.807) is 0 Å². The van der Waals surface area contributed by atoms with E-state index in [0.717, 1.165) is 77.4 Å². The maximum absolute atomic E-state index is 6.54. The van der Waals surface area contributed by atoms with Crippen molar-refractivity contribution in [2.24, 2.45) is 0 Å². The zero-order chi connectivity index (χ0) is 37.7. The molecule has 0 atom stereocenters. The Hall–Kier alpha value is -7.69. The molecule has 0 amide bonds. The van der Waals surface area contributed by atoms with Crippen LogP contribution in [0.5, 0.6) is 0 Å². The van der Waals surface area contributed by atoms with E-state index in [1.165, 1.54) is 16.2 Å². The molecule has 4 heteroatoms. The first kappa shape index (κ1) is 32.7. The molecule has 0 aliphatic rings. The Morgan fingerprint density at radius 3 is 1.51 bits per heavy atom. The minimum absolute atomic E-state index is 0.577. The summed E-state index contributed by atoms with van der Waals surface area (Å²) in [4.78, 5) is 15.6. The Morgan fingerprint density at radius 1 is 0.281 bits per heavy atom. The van der Waals surface area contributed by atoms with Crippen molar-refractivity contribution in [3.05, 3.63) is 200 Å². The molecule has 0 aliphatic heterocycles. The van der Waals surface area contributed by atoms with E-state index in [4.69, 9.17) is 19.4 Å². The molecule has 11 rings (SSSR count). The fourth-order valence-corrected chi connectivity index (χ4v) is 8.15. The zero-order valence-corrected chi connectivity index (χ0v) is 30.8. The molecule has 266 valence electrons. The minimum Gasteiger partial charge on any atom is -0.456 e. The second-order valence-electron chi connectivity index (χ2n) is 14.4. The van der Waals surface area contributed by atoms with Gasteiger partial charge in [-0.2, -0.15) is 0 Å². The van der Waals surface area contributed by atoms with Gasteiger partial charge in [-0.25, -0.2) is 15.0 Å². The number of benzene rings is 9. The number of rotatable bonds is 6. The molecule has 57 heavy (non-hydrogen) atoms. The maximum atomic E-state index is 6.54. The van der Waals surface area contributed by atoms with Gasteiger partial charge in [-0.1, -0.05) is 170 Å². The van der Waals surface area contributed by atoms with Gasteiger partial charge in [0.1, 0.15) is 11.2 Å². The number of hydrogen-bond donors (Lipinski definition) is 0. The van der Waals surface area contributed by atoms with Gasteiger partial charge >= 0.3 is 0 Å². The second-order valence-corrected chi connectivity index (χ2v) is 14.4. The van der Waals surface area contributed by atoms with Gasteiger partial charge in [0, 0.05) is 27.5 Å². The van der Waals surface area contributed by atoms with Gasteiger partial charge in [0.2, 0.25) is 0 Å². The third kappa shape index (κ3) is 5.83. The van der Waals surface area contributed by atoms with Gasteiger partial charge in [-0.15, -0.1) is 0 Å². The molecular formula is C53H33N3O. The first-order valence-electron chi connectivity index (χ1n) is 19.2. The third-order valence-electron chi connectivity index (χ3n) is 10.9. The Balaban J connectivity index is 1.11. The molecule has 11 aromatic rings. The Labute approximate surface area is 329 Å². The standard InChI is InChI=1S/C53H33N3O/c1-4-13-34(14-5-1)43-28-26-40(32-47(43)36-17-8-3-9-18-36)52-54-51(39-25-29-44-38(31-39)24-23-37-19-10-11-20-42(37)44)55-53(56-52)41-27-30-46-49(33-41)57-48-22-12-21-45(50(46)48)35-15-6-2-7-16-35/h1-33H. The van der Waals surface area contributed by atoms with Crippen molar-refractivity contribution in [3.8, 4) is 67.5 Å². The smallest absolute Gasteiger partial charge is 0.164 e. The van der Waals surface area contributed by atoms with Crippen LogP contribution in [0.4, 0.5) is 0 Å². The Bertz CT molecular complexity index is 3280. The van der Waals surface area contributed by atoms with Gasteiger partial charge in [0.25, 0.3) is 0 Å². The molecule has 0 bridgehead atoms. The highest BCUT2D eigenvalue weighted by molar-refractivity contribution is 6.13. The van der Waals surface area contributed by atoms with E-state index in [1.807, 2.05) is 24.3 Å². The summed E-state index contributed by atoms with van der Waals surface area (Å²) < 4.78 is 6.54. The van der Waals surface area contributed by atoms with Crippen LogP contribution in [0.25, 0.3) is 111 Å². The lowest BCUT2D eigenvalue weighted by Gasteiger charge is -2.14. The fourth-order valence-electron chi connectivity index (χ4n) is 8.15. The topological polar surface area (TPSA) is 51.8 Å². The van der Waals surface area contributed by atoms with Crippen molar-refractivity contribution in [1.82, 2.24) is 15.0 Å². The summed E-state index contributed by atoms with van der Waals surface area (Å²) in [6.07, 6.45) is 0. The molecule has 0 saturated carbocycles. The van der Waals surface area contributed by atoms with Crippen LogP contribution >= 0.6 is 0 Å². The number of furan rings is 1. The summed E-state index contributed by atoms with van der Waals surface area (Å²) in [5.41, 5.74) is 11.1. The summed E-state index contributed by atoms with van der Waals surface area (Å²) in [5.74, 6) is 1.78. The molecule has 2 heterocycles. The molecule has 2 aromatic heterocycles. The average Bonchev–Trinajstić information content (AvgIpc) is 3.68. The Morgan fingerprint density at radius 2 is 0.807 bits per heavy atom. The van der Waals surface area contributed by atoms with Crippen molar-refractivity contribution in [3.63, 3.8) is 0 Å². The zero-order valence-electron chi connectivity index (χ0n) is 30.8. The third-order valence-corrected chi connectivity index (χ3v) is 10.9. The molecular weight excluding hydrogens is 695 g/mol. The number of fused-ring (bicyclic) bond motifs is 6. The first-order chi connectivity index (χ1) is 28.2. The van der Waals surface area contributed by atoms with E-state index in [9.17, 15) is 0 Å². The fraction of sp³-hybridized carbons (Fsp3) is 0. The molecule has 0 fully saturated rings. The van der Waals surface area contributed by atoms with Crippen molar-refractivity contribution >= 4 is 43.5 Å². The lowest BCUT2D eigenvalue weighted by molar-refractivity contribution is 0.669. The van der Waals surface area contributed by atoms with Crippen LogP contribution in [0.3, 0.4) is 0 Å². The predicted molar refractivity (Wildman–Crippen MR) is 235 cm³/mol. The minimum atomic E-state index is 0.577. The van der Waals surface area contributed by atoms with E-state index < -0.39 is 0 Å². The van der Waals surface area contributed by atoms with Crippen LogP contribution in [0.15, 0.2) is 205 Å². The van der Waals surface area contributed by atoms with Crippen LogP contribution in [-0.2, 0) is 0 Å². The van der Waals surface area contributed by atoms with E-state index >= 15 is 0 Å². The molecule has 0 saturated heterocycles. The van der Waals surface area contributed by atoms with Crippen molar-refractivity contribution in [2.45, 2.75) is 0 Å². The van der Waals surface area contributed by atoms with Crippen molar-refractivity contribution in [2.75, 3.05) is 0 Å². The van der Waals surface area contributed by atoms with E-state index in [-0.39, 0.29) is 0 Å². The first-order valence-corrected chi connectivity index (χ1v) is 19.2. The van der Waals surface area contributed by atoms with Gasteiger partial charge in [-0.05, 0) is 85.3 Å². The van der Waals surface area contributed by atoms with E-state index in [2.05, 4.69) is 176 Å². The molecule has 0 spiro atoms. The highest BCUT2D eigenvalue weighted by Gasteiger charge is 2.18. The number of nitrogens with zero attached hydrogens (tertiary/aromatic N) is 3. The van der Waals surface area contributed by atoms with Crippen LogP contribution < -0.4 is 0 Å². The largest absolute Gasteiger partial charge is 0.456 e. The highest BCUT2D eigenvalue weighted by Crippen LogP contribution is 2.40. The van der Waals surface area contributed by atoms with Gasteiger partial charge in [0.15, 0.2) is 17.5 Å². The molecule has 0 radical (unpaired) electrons. The molecule has 0 unspecified atom stereocenters. The lowest BCUT2D eigenvalue weighted by Crippen LogP contribution is -2.00. The molecule has 4 nitrogen and oxygen atoms in total. The quantitative estimate of drug-likeness (QED) is 0.160. The predicted octanol–water partition coefficient (Wildman–Crippen LogP) is 14.1. The van der Waals surface area contributed by atoms with Gasteiger partial charge in [0.05, 0.1) is 0 Å². The summed E-state index contributed by atoms with van der Waals surface area (Å²) in [7, 11) is 0. The van der Waals surface area contributed by atoms with E-state index in [0.29, 0.717) is 17.5 Å². The molecule has 0 N–H and O–H groups in total. The SMILES string of the molecule is c1ccc(-c2ccc(-c3nc(-c4ccc5c(ccc6ccccc65)c4)nc(-c4ccc5c(c4)oc4cccc(-c6ccccc6)c45)n3)cc2-c2ccccc2)cc1. The van der Waals surface area contributed by atoms with Gasteiger partial charge < -0.3 is 4.42 Å². The monoisotopic (exact) mass is 727 g/mol. The number of hydrogen-bond acceptors (Lipinski definition) is 4. The maximum Gasteiger partial charge on any atom is 0.164 e. The van der Waals surface area contributed by atoms with Crippen LogP contribution in [0.1, 0.15) is 0 Å². The summed E-state index contributed by atoms with van der Waals surface area (Å²) in [5, 5.41) is 6.91. The molecule has 9 aromatic carbocycles. The lowest BCUT2D eigenvalue weighted by atomic mass is 9.92. The average molecular weight is 728 g/mol. The van der Waals surface area contributed by atoms with Crippen LogP contribution in [-0.4, -0.2) is 15.0 Å². The second kappa shape index (κ2) is 13.6. The Kier molecular flexibility index (Phi) is 7.78. The van der Waals surface area contributed by atoms with Gasteiger partial charge in [-0.3, -0.25) is 0 Å². The number of aromatic nitrogens is 3. The normalized spacial score (nSPS) is 11.5. The van der Waals surface area contributed by atoms with Crippen molar-refractivity contribution in [1.29, 1.82) is 0 Å². The summed E-state index contributed by atoms with van der Waals surface area (Å²) in [6.45, 7) is 0. The highest BCUT2D eigenvalue weighted by atomic mass is 16.3. The summed E-state index contributed by atoms with van der Waals surface area (Å²) >= 11 is 0. The van der Waals surface area contributed by atoms with Crippen molar-refractivity contribution < 1.29 is 4.42 Å². The summed E-state index contributed by atoms with van der Waals surface area (Å²) in [6, 6.07) is 69.9. The van der Waals surface area contributed by atoms with Crippen LogP contribution in [0, 0.1) is 0 Å². The van der Waals surface area contributed by atoms with Crippen LogP contribution in [0.2, 0.25) is 0 Å². The molecule has 0 aliphatic carbocycles.